The van der Waals surface area contributed by atoms with Crippen LogP contribution in [0, 0.1) is 6.92 Å². The van der Waals surface area contributed by atoms with E-state index in [0.717, 1.165) is 29.6 Å². The Hall–Kier alpha value is -2.25. The smallest absolute Gasteiger partial charge is 0.237 e. The summed E-state index contributed by atoms with van der Waals surface area (Å²) in [5, 5.41) is 9.81. The van der Waals surface area contributed by atoms with E-state index < -0.39 is 0 Å². The molecular formula is C22H24N4OS2. The standard InChI is InChI=1S/C22H24N4OS2/c1-16-12-13-25(19-10-6-7-11-20(19)29-16)21(27)15-28-22-24-23-17(2)26(22)14-18-8-4-3-5-9-18/h3-11,16H,12-15H2,1-2H3. The molecule has 0 saturated carbocycles. The monoisotopic (exact) mass is 424 g/mol. The zero-order valence-electron chi connectivity index (χ0n) is 16.6. The van der Waals surface area contributed by atoms with Gasteiger partial charge in [0.2, 0.25) is 5.91 Å². The Bertz CT molecular complexity index is 989. The van der Waals surface area contributed by atoms with Crippen molar-refractivity contribution in [2.24, 2.45) is 0 Å². The van der Waals surface area contributed by atoms with E-state index in [1.54, 1.807) is 0 Å². The van der Waals surface area contributed by atoms with Crippen LogP contribution >= 0.6 is 23.5 Å². The van der Waals surface area contributed by atoms with Gasteiger partial charge in [-0.1, -0.05) is 61.2 Å². The number of para-hydroxylation sites is 1. The second-order valence-electron chi connectivity index (χ2n) is 7.12. The molecule has 1 aliphatic rings. The number of nitrogens with zero attached hydrogens (tertiary/aromatic N) is 4. The molecule has 29 heavy (non-hydrogen) atoms. The first kappa shape index (κ1) is 20.0. The zero-order valence-corrected chi connectivity index (χ0v) is 18.2. The van der Waals surface area contributed by atoms with Gasteiger partial charge in [-0.05, 0) is 31.0 Å². The number of carbonyl (C=O) groups is 1. The van der Waals surface area contributed by atoms with Crippen molar-refractivity contribution < 1.29 is 4.79 Å². The highest BCUT2D eigenvalue weighted by Gasteiger charge is 2.24. The van der Waals surface area contributed by atoms with Crippen molar-refractivity contribution in [1.82, 2.24) is 14.8 Å². The fourth-order valence-corrected chi connectivity index (χ4v) is 5.34. The van der Waals surface area contributed by atoms with Gasteiger partial charge in [-0.2, -0.15) is 0 Å². The minimum absolute atomic E-state index is 0.115. The van der Waals surface area contributed by atoms with E-state index in [9.17, 15) is 4.79 Å². The molecule has 4 rings (SSSR count). The summed E-state index contributed by atoms with van der Waals surface area (Å²) < 4.78 is 2.07. The van der Waals surface area contributed by atoms with Crippen LogP contribution in [0.4, 0.5) is 5.69 Å². The Morgan fingerprint density at radius 1 is 1.14 bits per heavy atom. The van der Waals surface area contributed by atoms with Crippen molar-refractivity contribution in [1.29, 1.82) is 0 Å². The van der Waals surface area contributed by atoms with Gasteiger partial charge < -0.3 is 9.47 Å². The number of hydrogen-bond acceptors (Lipinski definition) is 5. The summed E-state index contributed by atoms with van der Waals surface area (Å²) in [5.41, 5.74) is 2.21. The Morgan fingerprint density at radius 3 is 2.72 bits per heavy atom. The molecule has 2 heterocycles. The fraction of sp³-hybridized carbons (Fsp3) is 0.318. The van der Waals surface area contributed by atoms with Gasteiger partial charge >= 0.3 is 0 Å². The molecule has 0 radical (unpaired) electrons. The molecule has 0 saturated heterocycles. The zero-order chi connectivity index (χ0) is 20.2. The lowest BCUT2D eigenvalue weighted by Gasteiger charge is -2.22. The molecule has 1 unspecified atom stereocenters. The number of carbonyl (C=O) groups excluding carboxylic acids is 1. The van der Waals surface area contributed by atoms with E-state index in [-0.39, 0.29) is 5.91 Å². The molecule has 0 spiro atoms. The summed E-state index contributed by atoms with van der Waals surface area (Å²) in [6, 6.07) is 18.4. The van der Waals surface area contributed by atoms with Crippen molar-refractivity contribution in [3.63, 3.8) is 0 Å². The number of rotatable bonds is 5. The third-order valence-corrected chi connectivity index (χ3v) is 7.14. The number of anilines is 1. The topological polar surface area (TPSA) is 51.0 Å². The van der Waals surface area contributed by atoms with Crippen LogP contribution in [0.3, 0.4) is 0 Å². The molecule has 2 aromatic carbocycles. The molecule has 1 atom stereocenters. The quantitative estimate of drug-likeness (QED) is 0.558. The lowest BCUT2D eigenvalue weighted by Crippen LogP contribution is -2.33. The van der Waals surface area contributed by atoms with Crippen LogP contribution in [0.15, 0.2) is 64.6 Å². The Kier molecular flexibility index (Phi) is 6.25. The van der Waals surface area contributed by atoms with E-state index >= 15 is 0 Å². The largest absolute Gasteiger partial charge is 0.311 e. The number of aryl methyl sites for hydroxylation is 1. The minimum atomic E-state index is 0.115. The van der Waals surface area contributed by atoms with Gasteiger partial charge in [0.05, 0.1) is 18.0 Å². The summed E-state index contributed by atoms with van der Waals surface area (Å²) in [4.78, 5) is 16.2. The fourth-order valence-electron chi connectivity index (χ4n) is 3.37. The molecule has 0 fully saturated rings. The Morgan fingerprint density at radius 2 is 1.90 bits per heavy atom. The molecule has 150 valence electrons. The van der Waals surface area contributed by atoms with Crippen molar-refractivity contribution in [3.8, 4) is 0 Å². The molecule has 0 N–H and O–H groups in total. The van der Waals surface area contributed by atoms with Gasteiger partial charge in [-0.25, -0.2) is 0 Å². The number of benzene rings is 2. The van der Waals surface area contributed by atoms with Crippen molar-refractivity contribution >= 4 is 35.1 Å². The third-order valence-electron chi connectivity index (χ3n) is 4.95. The van der Waals surface area contributed by atoms with Crippen molar-refractivity contribution in [2.45, 2.75) is 42.1 Å². The highest BCUT2D eigenvalue weighted by atomic mass is 32.2. The van der Waals surface area contributed by atoms with Crippen LogP contribution in [-0.4, -0.2) is 38.2 Å². The van der Waals surface area contributed by atoms with Gasteiger partial charge in [0, 0.05) is 16.7 Å². The van der Waals surface area contributed by atoms with Gasteiger partial charge in [0.15, 0.2) is 5.16 Å². The molecule has 1 aliphatic heterocycles. The number of aromatic nitrogens is 3. The predicted molar refractivity (Wildman–Crippen MR) is 120 cm³/mol. The number of thioether (sulfide) groups is 2. The molecule has 3 aromatic rings. The van der Waals surface area contributed by atoms with E-state index in [0.29, 0.717) is 17.5 Å². The molecule has 1 aromatic heterocycles. The first-order chi connectivity index (χ1) is 14.1. The summed E-state index contributed by atoms with van der Waals surface area (Å²) in [5.74, 6) is 1.32. The van der Waals surface area contributed by atoms with Crippen LogP contribution < -0.4 is 4.90 Å². The van der Waals surface area contributed by atoms with Crippen LogP contribution in [0.25, 0.3) is 0 Å². The lowest BCUT2D eigenvalue weighted by molar-refractivity contribution is -0.116. The molecule has 5 nitrogen and oxygen atoms in total. The van der Waals surface area contributed by atoms with Gasteiger partial charge in [0.25, 0.3) is 0 Å². The Labute approximate surface area is 179 Å². The third kappa shape index (κ3) is 4.67. The van der Waals surface area contributed by atoms with E-state index in [4.69, 9.17) is 0 Å². The van der Waals surface area contributed by atoms with Crippen LogP contribution in [-0.2, 0) is 11.3 Å². The molecule has 7 heteroatoms. The van der Waals surface area contributed by atoms with Crippen LogP contribution in [0.2, 0.25) is 0 Å². The Balaban J connectivity index is 1.48. The first-order valence-electron chi connectivity index (χ1n) is 9.74. The second kappa shape index (κ2) is 9.05. The average Bonchev–Trinajstić information content (AvgIpc) is 2.97. The predicted octanol–water partition coefficient (Wildman–Crippen LogP) is 4.64. The summed E-state index contributed by atoms with van der Waals surface area (Å²) >= 11 is 3.31. The van der Waals surface area contributed by atoms with Crippen LogP contribution in [0.1, 0.15) is 24.7 Å². The number of amides is 1. The van der Waals surface area contributed by atoms with Crippen molar-refractivity contribution in [3.05, 3.63) is 66.0 Å². The minimum Gasteiger partial charge on any atom is -0.311 e. The molecule has 1 amide bonds. The van der Waals surface area contributed by atoms with Crippen molar-refractivity contribution in [2.75, 3.05) is 17.2 Å². The van der Waals surface area contributed by atoms with Gasteiger partial charge in [0.1, 0.15) is 5.82 Å². The highest BCUT2D eigenvalue weighted by Crippen LogP contribution is 2.37. The summed E-state index contributed by atoms with van der Waals surface area (Å²) in [6.45, 7) is 5.63. The van der Waals surface area contributed by atoms with Gasteiger partial charge in [-0.3, -0.25) is 4.79 Å². The van der Waals surface area contributed by atoms with E-state index in [1.807, 2.05) is 60.0 Å². The normalized spacial score (nSPS) is 16.3. The first-order valence-corrected chi connectivity index (χ1v) is 11.6. The second-order valence-corrected chi connectivity index (χ2v) is 9.54. The highest BCUT2D eigenvalue weighted by molar-refractivity contribution is 8.00. The average molecular weight is 425 g/mol. The van der Waals surface area contributed by atoms with Gasteiger partial charge in [-0.15, -0.1) is 22.0 Å². The summed E-state index contributed by atoms with van der Waals surface area (Å²) in [7, 11) is 0. The maximum Gasteiger partial charge on any atom is 0.237 e. The molecular weight excluding hydrogens is 400 g/mol. The maximum atomic E-state index is 13.1. The molecule has 0 bridgehead atoms. The number of fused-ring (bicyclic) bond motifs is 1. The SMILES string of the molecule is Cc1nnc(SCC(=O)N2CCC(C)Sc3ccccc32)n1Cc1ccccc1. The molecule has 0 aliphatic carbocycles. The van der Waals surface area contributed by atoms with Crippen LogP contribution in [0.5, 0.6) is 0 Å². The summed E-state index contributed by atoms with van der Waals surface area (Å²) in [6.07, 6.45) is 0.985. The van der Waals surface area contributed by atoms with E-state index in [2.05, 4.69) is 39.9 Å². The number of hydrogen-bond donors (Lipinski definition) is 0. The lowest BCUT2D eigenvalue weighted by atomic mass is 10.2. The maximum absolute atomic E-state index is 13.1. The van der Waals surface area contributed by atoms with E-state index in [1.165, 1.54) is 22.2 Å².